The van der Waals surface area contributed by atoms with Crippen LogP contribution in [0.15, 0.2) is 24.3 Å². The summed E-state index contributed by atoms with van der Waals surface area (Å²) < 4.78 is 5.40. The Hall–Kier alpha value is -2.02. The maximum Gasteiger partial charge on any atom is 0.418 e. The zero-order valence-corrected chi connectivity index (χ0v) is 16.1. The summed E-state index contributed by atoms with van der Waals surface area (Å²) in [4.78, 5) is 41.2. The van der Waals surface area contributed by atoms with Crippen LogP contribution in [0.2, 0.25) is 0 Å². The topological polar surface area (TPSA) is 66.9 Å². The second-order valence-electron chi connectivity index (χ2n) is 6.87. The van der Waals surface area contributed by atoms with Crippen molar-refractivity contribution in [2.75, 3.05) is 24.0 Å². The number of ether oxygens (including phenoxy) is 1. The Kier molecular flexibility index (Phi) is 5.77. The molecule has 0 radical (unpaired) electrons. The quantitative estimate of drug-likeness (QED) is 0.824. The van der Waals surface area contributed by atoms with E-state index < -0.39 is 23.6 Å². The number of amides is 3. The SMILES string of the molecule is CSCC[C@H]1C(=O)N(C)c2ccccc2C(=O)N1C(=O)OC(C)(C)C. The number of hydrogen-bond acceptors (Lipinski definition) is 5. The normalized spacial score (nSPS) is 18.0. The predicted molar refractivity (Wildman–Crippen MR) is 99.0 cm³/mol. The second-order valence-corrected chi connectivity index (χ2v) is 7.85. The van der Waals surface area contributed by atoms with Crippen molar-refractivity contribution in [2.24, 2.45) is 0 Å². The van der Waals surface area contributed by atoms with E-state index in [1.54, 1.807) is 63.8 Å². The van der Waals surface area contributed by atoms with E-state index in [1.165, 1.54) is 4.90 Å². The Balaban J connectivity index is 2.52. The van der Waals surface area contributed by atoms with Crippen LogP contribution in [0.4, 0.5) is 10.5 Å². The minimum absolute atomic E-state index is 0.293. The fourth-order valence-electron chi connectivity index (χ4n) is 2.67. The van der Waals surface area contributed by atoms with Crippen molar-refractivity contribution in [1.82, 2.24) is 4.90 Å². The molecular weight excluding hydrogens is 340 g/mol. The summed E-state index contributed by atoms with van der Waals surface area (Å²) >= 11 is 1.56. The lowest BCUT2D eigenvalue weighted by molar-refractivity contribution is -0.122. The molecule has 0 N–H and O–H groups in total. The van der Waals surface area contributed by atoms with Gasteiger partial charge in [0.25, 0.3) is 5.91 Å². The predicted octanol–water partition coefficient (Wildman–Crippen LogP) is 3.16. The zero-order chi connectivity index (χ0) is 18.8. The molecule has 0 unspecified atom stereocenters. The van der Waals surface area contributed by atoms with Gasteiger partial charge in [0.1, 0.15) is 11.6 Å². The lowest BCUT2D eigenvalue weighted by Gasteiger charge is -2.30. The number of anilines is 1. The highest BCUT2D eigenvalue weighted by atomic mass is 32.2. The number of hydrogen-bond donors (Lipinski definition) is 0. The Bertz CT molecular complexity index is 684. The molecule has 1 aliphatic heterocycles. The number of imide groups is 1. The molecule has 6 nitrogen and oxygen atoms in total. The average Bonchev–Trinajstić information content (AvgIpc) is 2.61. The summed E-state index contributed by atoms with van der Waals surface area (Å²) in [6, 6.07) is 5.91. The summed E-state index contributed by atoms with van der Waals surface area (Å²) in [7, 11) is 1.62. The standard InChI is InChI=1S/C18H24N2O4S/c1-18(2,3)24-17(23)20-14(10-11-25-5)16(22)19(4)13-9-7-6-8-12(13)15(20)21/h6-9,14H,10-11H2,1-5H3/t14-/m0/s1. The Labute approximate surface area is 152 Å². The van der Waals surface area contributed by atoms with Gasteiger partial charge in [-0.2, -0.15) is 11.8 Å². The molecule has 7 heteroatoms. The summed E-state index contributed by atoms with van der Waals surface area (Å²) in [5.74, 6) is -0.153. The number of carbonyl (C=O) groups is 3. The molecule has 2 rings (SSSR count). The van der Waals surface area contributed by atoms with Gasteiger partial charge in [0.15, 0.2) is 0 Å². The van der Waals surface area contributed by atoms with Gasteiger partial charge in [0.2, 0.25) is 5.91 Å². The molecule has 0 aliphatic carbocycles. The van der Waals surface area contributed by atoms with Gasteiger partial charge < -0.3 is 9.64 Å². The largest absolute Gasteiger partial charge is 0.443 e. The molecule has 1 aliphatic rings. The van der Waals surface area contributed by atoms with E-state index in [9.17, 15) is 14.4 Å². The van der Waals surface area contributed by atoms with Gasteiger partial charge >= 0.3 is 6.09 Å². The van der Waals surface area contributed by atoms with Crippen LogP contribution < -0.4 is 4.90 Å². The van der Waals surface area contributed by atoms with Crippen LogP contribution in [-0.2, 0) is 9.53 Å². The molecule has 0 spiro atoms. The molecule has 1 atom stereocenters. The van der Waals surface area contributed by atoms with E-state index in [4.69, 9.17) is 4.74 Å². The highest BCUT2D eigenvalue weighted by Gasteiger charge is 2.42. The molecule has 0 aromatic heterocycles. The minimum Gasteiger partial charge on any atom is -0.443 e. The third kappa shape index (κ3) is 4.15. The Morgan fingerprint density at radius 3 is 2.48 bits per heavy atom. The molecule has 0 fully saturated rings. The number of thioether (sulfide) groups is 1. The number of rotatable bonds is 3. The first kappa shape index (κ1) is 19.3. The van der Waals surface area contributed by atoms with Crippen LogP contribution in [0.25, 0.3) is 0 Å². The highest BCUT2D eigenvalue weighted by molar-refractivity contribution is 7.98. The van der Waals surface area contributed by atoms with Crippen LogP contribution in [0.1, 0.15) is 37.6 Å². The first-order valence-electron chi connectivity index (χ1n) is 8.09. The van der Waals surface area contributed by atoms with Crippen molar-refractivity contribution in [2.45, 2.75) is 38.8 Å². The van der Waals surface area contributed by atoms with Crippen LogP contribution in [0, 0.1) is 0 Å². The van der Waals surface area contributed by atoms with E-state index >= 15 is 0 Å². The summed E-state index contributed by atoms with van der Waals surface area (Å²) in [5, 5.41) is 0. The number of benzene rings is 1. The van der Waals surface area contributed by atoms with Gasteiger partial charge in [-0.15, -0.1) is 0 Å². The third-order valence-electron chi connectivity index (χ3n) is 3.83. The molecule has 136 valence electrons. The molecule has 0 bridgehead atoms. The van der Waals surface area contributed by atoms with Gasteiger partial charge in [0.05, 0.1) is 11.3 Å². The van der Waals surface area contributed by atoms with Gasteiger partial charge in [-0.25, -0.2) is 9.69 Å². The lowest BCUT2D eigenvalue weighted by atomic mass is 10.1. The van der Waals surface area contributed by atoms with Crippen LogP contribution >= 0.6 is 11.8 Å². The third-order valence-corrected chi connectivity index (χ3v) is 4.47. The summed E-state index contributed by atoms with van der Waals surface area (Å²) in [6.45, 7) is 5.18. The van der Waals surface area contributed by atoms with Crippen LogP contribution in [0.3, 0.4) is 0 Å². The number of carbonyl (C=O) groups excluding carboxylic acids is 3. The first-order chi connectivity index (χ1) is 11.7. The smallest absolute Gasteiger partial charge is 0.418 e. The van der Waals surface area contributed by atoms with Crippen LogP contribution in [-0.4, -0.2) is 53.5 Å². The zero-order valence-electron chi connectivity index (χ0n) is 15.2. The molecule has 0 saturated heterocycles. The maximum absolute atomic E-state index is 13.1. The highest BCUT2D eigenvalue weighted by Crippen LogP contribution is 2.29. The van der Waals surface area contributed by atoms with Crippen molar-refractivity contribution < 1.29 is 19.1 Å². The van der Waals surface area contributed by atoms with Gasteiger partial charge in [0, 0.05) is 7.05 Å². The molecule has 1 aromatic carbocycles. The van der Waals surface area contributed by atoms with Crippen molar-refractivity contribution in [3.8, 4) is 0 Å². The van der Waals surface area contributed by atoms with E-state index in [1.807, 2.05) is 6.26 Å². The number of likely N-dealkylation sites (N-methyl/N-ethyl adjacent to an activating group) is 1. The second kappa shape index (κ2) is 7.47. The molecule has 0 saturated carbocycles. The van der Waals surface area contributed by atoms with Crippen LogP contribution in [0.5, 0.6) is 0 Å². The summed E-state index contributed by atoms with van der Waals surface area (Å²) in [5.41, 5.74) is 0.0518. The van der Waals surface area contributed by atoms with Crippen molar-refractivity contribution in [1.29, 1.82) is 0 Å². The fraction of sp³-hybridized carbons (Fsp3) is 0.500. The average molecular weight is 364 g/mol. The van der Waals surface area contributed by atoms with Crippen molar-refractivity contribution >= 4 is 35.4 Å². The number of para-hydroxylation sites is 1. The Morgan fingerprint density at radius 1 is 1.24 bits per heavy atom. The minimum atomic E-state index is -0.882. The van der Waals surface area contributed by atoms with E-state index in [2.05, 4.69) is 0 Å². The maximum atomic E-state index is 13.1. The first-order valence-corrected chi connectivity index (χ1v) is 9.49. The Morgan fingerprint density at radius 2 is 1.88 bits per heavy atom. The number of fused-ring (bicyclic) bond motifs is 1. The van der Waals surface area contributed by atoms with Gasteiger partial charge in [-0.1, -0.05) is 12.1 Å². The molecular formula is C18H24N2O4S. The van der Waals surface area contributed by atoms with Crippen molar-refractivity contribution in [3.63, 3.8) is 0 Å². The van der Waals surface area contributed by atoms with E-state index in [-0.39, 0.29) is 5.91 Å². The monoisotopic (exact) mass is 364 g/mol. The molecule has 25 heavy (non-hydrogen) atoms. The molecule has 1 aromatic rings. The van der Waals surface area contributed by atoms with E-state index in [0.29, 0.717) is 23.4 Å². The molecule has 1 heterocycles. The van der Waals surface area contributed by atoms with E-state index in [0.717, 1.165) is 4.90 Å². The fourth-order valence-corrected chi connectivity index (χ4v) is 3.13. The lowest BCUT2D eigenvalue weighted by Crippen LogP contribution is -2.52. The van der Waals surface area contributed by atoms with Gasteiger partial charge in [-0.3, -0.25) is 9.59 Å². The van der Waals surface area contributed by atoms with Crippen molar-refractivity contribution in [3.05, 3.63) is 29.8 Å². The summed E-state index contributed by atoms with van der Waals surface area (Å²) in [6.07, 6.45) is 1.50. The number of nitrogens with zero attached hydrogens (tertiary/aromatic N) is 2. The van der Waals surface area contributed by atoms with Gasteiger partial charge in [-0.05, 0) is 51.3 Å². The molecule has 3 amide bonds.